The molecule has 2 unspecified atom stereocenters. The van der Waals surface area contributed by atoms with Crippen LogP contribution in [0, 0.1) is 0 Å². The number of sulfonamides is 1. The van der Waals surface area contributed by atoms with Crippen LogP contribution in [0.2, 0.25) is 0 Å². The van der Waals surface area contributed by atoms with Gasteiger partial charge in [0.1, 0.15) is 0 Å². The number of aromatic amines is 1. The summed E-state index contributed by atoms with van der Waals surface area (Å²) >= 11 is 0. The van der Waals surface area contributed by atoms with Gasteiger partial charge in [0.2, 0.25) is 10.0 Å². The van der Waals surface area contributed by atoms with Crippen LogP contribution in [0.25, 0.3) is 10.9 Å². The van der Waals surface area contributed by atoms with Gasteiger partial charge in [0, 0.05) is 18.0 Å². The molecule has 1 aromatic heterocycles. The highest BCUT2D eigenvalue weighted by Gasteiger charge is 2.34. The molecule has 2 heterocycles. The number of rotatable bonds is 4. The molecule has 1 saturated heterocycles. The van der Waals surface area contributed by atoms with Gasteiger partial charge in [-0.2, -0.15) is 9.40 Å². The minimum Gasteiger partial charge on any atom is -0.278 e. The molecule has 5 nitrogen and oxygen atoms in total. The summed E-state index contributed by atoms with van der Waals surface area (Å²) in [5.74, 6) is 1.11. The Bertz CT molecular complexity index is 854. The monoisotopic (exact) mass is 347 g/mol. The Kier molecular flexibility index (Phi) is 3.92. The molecule has 24 heavy (non-hydrogen) atoms. The molecular formula is C18H25N3O2S. The second-order valence-electron chi connectivity index (χ2n) is 7.37. The van der Waals surface area contributed by atoms with Crippen LogP contribution in [0.1, 0.15) is 62.0 Å². The van der Waals surface area contributed by atoms with E-state index in [4.69, 9.17) is 0 Å². The summed E-state index contributed by atoms with van der Waals surface area (Å²) in [5.41, 5.74) is 3.89. The van der Waals surface area contributed by atoms with Gasteiger partial charge in [-0.1, -0.05) is 13.0 Å². The van der Waals surface area contributed by atoms with E-state index in [-0.39, 0.29) is 6.04 Å². The molecule has 1 saturated carbocycles. The minimum absolute atomic E-state index is 0.102. The van der Waals surface area contributed by atoms with Crippen molar-refractivity contribution in [3.05, 3.63) is 29.5 Å². The summed E-state index contributed by atoms with van der Waals surface area (Å²) in [7, 11) is -3.12. The van der Waals surface area contributed by atoms with Crippen molar-refractivity contribution in [1.29, 1.82) is 0 Å². The first-order valence-corrected chi connectivity index (χ1v) is 10.8. The Balaban J connectivity index is 1.69. The number of H-pyrrole nitrogens is 1. The van der Waals surface area contributed by atoms with Gasteiger partial charge in [-0.25, -0.2) is 8.42 Å². The number of benzene rings is 1. The van der Waals surface area contributed by atoms with Crippen LogP contribution in [-0.2, 0) is 10.0 Å². The molecule has 6 heteroatoms. The normalized spacial score (nSPS) is 26.1. The quantitative estimate of drug-likeness (QED) is 0.922. The van der Waals surface area contributed by atoms with Gasteiger partial charge in [-0.3, -0.25) is 5.10 Å². The van der Waals surface area contributed by atoms with E-state index in [9.17, 15) is 8.42 Å². The lowest BCUT2D eigenvalue weighted by Crippen LogP contribution is -2.44. The van der Waals surface area contributed by atoms with Crippen molar-refractivity contribution in [2.24, 2.45) is 0 Å². The standard InChI is InChI=1S/C18H25N3O2S/c1-3-15-8-13(6-7-21(15)24(2,22)23)16-9-14(12-4-5-12)10-18-17(16)11-19-20-18/h9-13,15H,3-8H2,1-2H3,(H,19,20). The molecule has 4 rings (SSSR count). The Hall–Kier alpha value is -1.40. The number of nitrogens with zero attached hydrogens (tertiary/aromatic N) is 2. The smallest absolute Gasteiger partial charge is 0.211 e. The Morgan fingerprint density at radius 2 is 2.04 bits per heavy atom. The van der Waals surface area contributed by atoms with Crippen LogP contribution < -0.4 is 0 Å². The number of hydrogen-bond acceptors (Lipinski definition) is 3. The molecule has 0 amide bonds. The van der Waals surface area contributed by atoms with E-state index in [2.05, 4.69) is 29.3 Å². The van der Waals surface area contributed by atoms with Crippen molar-refractivity contribution in [2.75, 3.05) is 12.8 Å². The highest BCUT2D eigenvalue weighted by atomic mass is 32.2. The van der Waals surface area contributed by atoms with E-state index in [1.807, 2.05) is 6.20 Å². The lowest BCUT2D eigenvalue weighted by atomic mass is 9.83. The van der Waals surface area contributed by atoms with Crippen molar-refractivity contribution < 1.29 is 8.42 Å². The van der Waals surface area contributed by atoms with Crippen molar-refractivity contribution in [1.82, 2.24) is 14.5 Å². The lowest BCUT2D eigenvalue weighted by molar-refractivity contribution is 0.228. The van der Waals surface area contributed by atoms with Crippen molar-refractivity contribution in [3.63, 3.8) is 0 Å². The van der Waals surface area contributed by atoms with E-state index in [1.54, 1.807) is 4.31 Å². The van der Waals surface area contributed by atoms with Gasteiger partial charge in [-0.15, -0.1) is 0 Å². The molecule has 2 aromatic rings. The Morgan fingerprint density at radius 3 is 2.71 bits per heavy atom. The summed E-state index contributed by atoms with van der Waals surface area (Å²) < 4.78 is 25.8. The molecule has 2 fully saturated rings. The van der Waals surface area contributed by atoms with Crippen LogP contribution in [0.5, 0.6) is 0 Å². The largest absolute Gasteiger partial charge is 0.278 e. The van der Waals surface area contributed by atoms with Gasteiger partial charge >= 0.3 is 0 Å². The summed E-state index contributed by atoms with van der Waals surface area (Å²) in [6, 6.07) is 4.71. The number of hydrogen-bond donors (Lipinski definition) is 1. The van der Waals surface area contributed by atoms with E-state index in [1.165, 1.54) is 35.6 Å². The van der Waals surface area contributed by atoms with Gasteiger partial charge in [0.15, 0.2) is 0 Å². The van der Waals surface area contributed by atoms with Gasteiger partial charge in [0.05, 0.1) is 18.0 Å². The highest BCUT2D eigenvalue weighted by molar-refractivity contribution is 7.88. The fourth-order valence-corrected chi connectivity index (χ4v) is 5.42. The molecule has 2 aliphatic rings. The molecule has 2 atom stereocenters. The first-order chi connectivity index (χ1) is 11.5. The number of piperidine rings is 1. The highest BCUT2D eigenvalue weighted by Crippen LogP contribution is 2.44. The zero-order valence-corrected chi connectivity index (χ0v) is 15.1. The molecular weight excluding hydrogens is 322 g/mol. The zero-order chi connectivity index (χ0) is 16.9. The molecule has 1 aliphatic heterocycles. The van der Waals surface area contributed by atoms with E-state index in [0.29, 0.717) is 18.4 Å². The van der Waals surface area contributed by atoms with Crippen LogP contribution in [0.15, 0.2) is 18.3 Å². The summed E-state index contributed by atoms with van der Waals surface area (Å²) in [6.45, 7) is 2.70. The van der Waals surface area contributed by atoms with Crippen molar-refractivity contribution in [3.8, 4) is 0 Å². The first kappa shape index (κ1) is 16.1. The maximum atomic E-state index is 12.0. The fourth-order valence-electron chi connectivity index (χ4n) is 4.21. The zero-order valence-electron chi connectivity index (χ0n) is 14.3. The average molecular weight is 347 g/mol. The van der Waals surface area contributed by atoms with Gasteiger partial charge < -0.3 is 0 Å². The summed E-state index contributed by atoms with van der Waals surface area (Å²) in [6.07, 6.45) is 8.46. The van der Waals surface area contributed by atoms with E-state index in [0.717, 1.165) is 24.8 Å². The maximum absolute atomic E-state index is 12.0. The Labute approximate surface area is 143 Å². The van der Waals surface area contributed by atoms with Crippen molar-refractivity contribution in [2.45, 2.75) is 56.9 Å². The molecule has 1 N–H and O–H groups in total. The van der Waals surface area contributed by atoms with Gasteiger partial charge in [0.25, 0.3) is 0 Å². The second kappa shape index (κ2) is 5.85. The third-order valence-corrected chi connectivity index (χ3v) is 6.99. The predicted molar refractivity (Wildman–Crippen MR) is 95.7 cm³/mol. The maximum Gasteiger partial charge on any atom is 0.211 e. The van der Waals surface area contributed by atoms with E-state index >= 15 is 0 Å². The van der Waals surface area contributed by atoms with E-state index < -0.39 is 10.0 Å². The fraction of sp³-hybridized carbons (Fsp3) is 0.611. The number of nitrogens with one attached hydrogen (secondary N) is 1. The van der Waals surface area contributed by atoms with Crippen LogP contribution in [-0.4, -0.2) is 41.8 Å². The van der Waals surface area contributed by atoms with Crippen LogP contribution in [0.3, 0.4) is 0 Å². The topological polar surface area (TPSA) is 66.1 Å². The van der Waals surface area contributed by atoms with Gasteiger partial charge in [-0.05, 0) is 61.1 Å². The SMILES string of the molecule is CCC1CC(c2cc(C3CC3)cc3[nH]ncc23)CCN1S(C)(=O)=O. The third-order valence-electron chi connectivity index (χ3n) is 5.66. The molecule has 0 spiro atoms. The van der Waals surface area contributed by atoms with Crippen LogP contribution >= 0.6 is 0 Å². The summed E-state index contributed by atoms with van der Waals surface area (Å²) in [5, 5.41) is 8.56. The average Bonchev–Trinajstić information content (AvgIpc) is 3.30. The summed E-state index contributed by atoms with van der Waals surface area (Å²) in [4.78, 5) is 0. The first-order valence-electron chi connectivity index (χ1n) is 8.91. The second-order valence-corrected chi connectivity index (χ2v) is 9.31. The van der Waals surface area contributed by atoms with Crippen LogP contribution in [0.4, 0.5) is 0 Å². The third kappa shape index (κ3) is 2.86. The molecule has 1 aliphatic carbocycles. The Morgan fingerprint density at radius 1 is 1.25 bits per heavy atom. The molecule has 1 aromatic carbocycles. The molecule has 130 valence electrons. The molecule has 0 radical (unpaired) electrons. The number of aromatic nitrogens is 2. The van der Waals surface area contributed by atoms with Crippen molar-refractivity contribution >= 4 is 20.9 Å². The minimum atomic E-state index is -3.12. The number of fused-ring (bicyclic) bond motifs is 1. The lowest BCUT2D eigenvalue weighted by Gasteiger charge is -2.38. The molecule has 0 bridgehead atoms. The predicted octanol–water partition coefficient (Wildman–Crippen LogP) is 3.36.